The average molecular weight is 331 g/mol. The summed E-state index contributed by atoms with van der Waals surface area (Å²) in [7, 11) is 0. The lowest BCUT2D eigenvalue weighted by molar-refractivity contribution is 0.626. The van der Waals surface area contributed by atoms with Crippen LogP contribution in [-0.2, 0) is 6.54 Å². The van der Waals surface area contributed by atoms with Crippen LogP contribution in [0.3, 0.4) is 0 Å². The Balaban J connectivity index is 2.80. The Bertz CT molecular complexity index is 634. The fourth-order valence-corrected chi connectivity index (χ4v) is 2.54. The lowest BCUT2D eigenvalue weighted by Gasteiger charge is -2.13. The van der Waals surface area contributed by atoms with Crippen LogP contribution >= 0.6 is 27.5 Å². The van der Waals surface area contributed by atoms with Crippen LogP contribution in [0.4, 0.5) is 4.39 Å². The Morgan fingerprint density at radius 3 is 2.67 bits per heavy atom. The first kappa shape index (κ1) is 13.3. The van der Waals surface area contributed by atoms with Crippen LogP contribution < -0.4 is 5.56 Å². The molecule has 0 saturated heterocycles. The van der Waals surface area contributed by atoms with E-state index in [1.165, 1.54) is 16.7 Å². The van der Waals surface area contributed by atoms with Crippen molar-refractivity contribution in [2.45, 2.75) is 13.5 Å². The molecule has 0 fully saturated rings. The van der Waals surface area contributed by atoms with Crippen molar-refractivity contribution in [1.29, 1.82) is 0 Å². The predicted molar refractivity (Wildman–Crippen MR) is 74.5 cm³/mol. The molecule has 0 unspecified atom stereocenters. The van der Waals surface area contributed by atoms with Crippen molar-refractivity contribution in [3.8, 4) is 11.3 Å². The van der Waals surface area contributed by atoms with Gasteiger partial charge in [-0.3, -0.25) is 4.79 Å². The second kappa shape index (κ2) is 5.24. The van der Waals surface area contributed by atoms with Crippen molar-refractivity contribution in [2.24, 2.45) is 0 Å². The minimum Gasteiger partial charge on any atom is -0.307 e. The van der Waals surface area contributed by atoms with Crippen molar-refractivity contribution < 1.29 is 4.39 Å². The second-order valence-electron chi connectivity index (χ2n) is 3.71. The van der Waals surface area contributed by atoms with Gasteiger partial charge in [-0.05, 0) is 47.1 Å². The van der Waals surface area contributed by atoms with Gasteiger partial charge in [-0.2, -0.15) is 0 Å². The van der Waals surface area contributed by atoms with Crippen molar-refractivity contribution in [3.05, 3.63) is 56.0 Å². The zero-order valence-corrected chi connectivity index (χ0v) is 11.9. The maximum absolute atomic E-state index is 13.9. The number of hydrogen-bond donors (Lipinski definition) is 0. The largest absolute Gasteiger partial charge is 0.307 e. The molecule has 0 N–H and O–H groups in total. The maximum Gasteiger partial charge on any atom is 0.269 e. The molecule has 0 atom stereocenters. The van der Waals surface area contributed by atoms with E-state index in [0.29, 0.717) is 22.3 Å². The predicted octanol–water partition coefficient (Wildman–Crippen LogP) is 4.09. The molecule has 2 nitrogen and oxygen atoms in total. The quantitative estimate of drug-likeness (QED) is 0.813. The highest BCUT2D eigenvalue weighted by molar-refractivity contribution is 9.10. The third-order valence-corrected chi connectivity index (χ3v) is 3.61. The third kappa shape index (κ3) is 2.22. The molecule has 1 aromatic carbocycles. The number of halogens is 3. The van der Waals surface area contributed by atoms with Gasteiger partial charge >= 0.3 is 0 Å². The maximum atomic E-state index is 13.9. The third-order valence-electron chi connectivity index (χ3n) is 2.66. The van der Waals surface area contributed by atoms with Crippen LogP contribution in [0, 0.1) is 5.82 Å². The van der Waals surface area contributed by atoms with E-state index in [2.05, 4.69) is 15.9 Å². The molecule has 0 aliphatic rings. The van der Waals surface area contributed by atoms with E-state index in [1.54, 1.807) is 18.2 Å². The molecule has 2 aromatic rings. The van der Waals surface area contributed by atoms with Gasteiger partial charge in [-0.1, -0.05) is 17.7 Å². The molecule has 94 valence electrons. The highest BCUT2D eigenvalue weighted by Crippen LogP contribution is 2.30. The molecule has 0 radical (unpaired) electrons. The number of pyridine rings is 1. The van der Waals surface area contributed by atoms with Gasteiger partial charge in [0.05, 0.1) is 5.69 Å². The average Bonchev–Trinajstić information content (AvgIpc) is 2.33. The molecule has 1 aromatic heterocycles. The monoisotopic (exact) mass is 329 g/mol. The van der Waals surface area contributed by atoms with Crippen molar-refractivity contribution in [1.82, 2.24) is 4.57 Å². The van der Waals surface area contributed by atoms with Gasteiger partial charge in [0, 0.05) is 16.6 Å². The van der Waals surface area contributed by atoms with Crippen LogP contribution in [0.1, 0.15) is 6.92 Å². The van der Waals surface area contributed by atoms with E-state index in [4.69, 9.17) is 11.6 Å². The number of hydrogen-bond acceptors (Lipinski definition) is 1. The van der Waals surface area contributed by atoms with Crippen LogP contribution in [0.2, 0.25) is 5.02 Å². The highest BCUT2D eigenvalue weighted by atomic mass is 79.9. The van der Waals surface area contributed by atoms with E-state index in [9.17, 15) is 9.18 Å². The van der Waals surface area contributed by atoms with E-state index >= 15 is 0 Å². The van der Waals surface area contributed by atoms with E-state index in [-0.39, 0.29) is 16.4 Å². The van der Waals surface area contributed by atoms with Gasteiger partial charge < -0.3 is 4.57 Å². The zero-order valence-electron chi connectivity index (χ0n) is 9.58. The van der Waals surface area contributed by atoms with Crippen LogP contribution in [0.5, 0.6) is 0 Å². The lowest BCUT2D eigenvalue weighted by Crippen LogP contribution is -2.21. The van der Waals surface area contributed by atoms with Crippen LogP contribution in [-0.4, -0.2) is 4.57 Å². The molecule has 1 heterocycles. The Morgan fingerprint density at radius 1 is 1.33 bits per heavy atom. The summed E-state index contributed by atoms with van der Waals surface area (Å²) in [6.07, 6.45) is 0. The van der Waals surface area contributed by atoms with Gasteiger partial charge in [-0.25, -0.2) is 4.39 Å². The lowest BCUT2D eigenvalue weighted by atomic mass is 10.1. The Morgan fingerprint density at radius 2 is 2.06 bits per heavy atom. The molecule has 5 heteroatoms. The molecule has 0 bridgehead atoms. The van der Waals surface area contributed by atoms with Crippen molar-refractivity contribution >= 4 is 27.5 Å². The van der Waals surface area contributed by atoms with Crippen molar-refractivity contribution in [3.63, 3.8) is 0 Å². The van der Waals surface area contributed by atoms with E-state index < -0.39 is 0 Å². The first-order valence-electron chi connectivity index (χ1n) is 5.40. The number of aromatic nitrogens is 1. The number of nitrogens with zero attached hydrogens (tertiary/aromatic N) is 1. The molecular formula is C13H10BrClFNO. The first-order chi connectivity index (χ1) is 8.56. The Labute approximate surface area is 117 Å². The topological polar surface area (TPSA) is 22.0 Å². The smallest absolute Gasteiger partial charge is 0.269 e. The van der Waals surface area contributed by atoms with Gasteiger partial charge in [0.15, 0.2) is 0 Å². The van der Waals surface area contributed by atoms with Gasteiger partial charge in [0.1, 0.15) is 10.8 Å². The standard InChI is InChI=1S/C13H10BrClFNO/c1-2-17-11(7-6-9(15)13(17)18)12-8(14)4-3-5-10(12)16/h3-7H,2H2,1H3. The molecule has 2 rings (SSSR count). The summed E-state index contributed by atoms with van der Waals surface area (Å²) < 4.78 is 16.0. The summed E-state index contributed by atoms with van der Waals surface area (Å²) in [5.74, 6) is -0.381. The van der Waals surface area contributed by atoms with Gasteiger partial charge in [-0.15, -0.1) is 0 Å². The molecular weight excluding hydrogens is 321 g/mol. The summed E-state index contributed by atoms with van der Waals surface area (Å²) in [6, 6.07) is 7.84. The Kier molecular flexibility index (Phi) is 3.88. The van der Waals surface area contributed by atoms with Crippen LogP contribution in [0.25, 0.3) is 11.3 Å². The number of benzene rings is 1. The fraction of sp³-hybridized carbons (Fsp3) is 0.154. The van der Waals surface area contributed by atoms with E-state index in [1.807, 2.05) is 6.92 Å². The summed E-state index contributed by atoms with van der Waals surface area (Å²) in [5, 5.41) is 0.132. The SMILES string of the molecule is CCn1c(-c2c(F)cccc2Br)ccc(Cl)c1=O. The van der Waals surface area contributed by atoms with Gasteiger partial charge in [0.25, 0.3) is 5.56 Å². The van der Waals surface area contributed by atoms with Gasteiger partial charge in [0.2, 0.25) is 0 Å². The van der Waals surface area contributed by atoms with E-state index in [0.717, 1.165) is 0 Å². The molecule has 0 spiro atoms. The molecule has 0 amide bonds. The van der Waals surface area contributed by atoms with Crippen LogP contribution in [0.15, 0.2) is 39.6 Å². The zero-order chi connectivity index (χ0) is 13.3. The summed E-state index contributed by atoms with van der Waals surface area (Å²) in [6.45, 7) is 2.24. The molecule has 0 aliphatic carbocycles. The minimum absolute atomic E-state index is 0.132. The molecule has 0 aliphatic heterocycles. The Hall–Kier alpha value is -1.13. The molecule has 18 heavy (non-hydrogen) atoms. The number of rotatable bonds is 2. The first-order valence-corrected chi connectivity index (χ1v) is 6.57. The minimum atomic E-state index is -0.381. The summed E-state index contributed by atoms with van der Waals surface area (Å²) >= 11 is 9.09. The normalized spacial score (nSPS) is 10.7. The van der Waals surface area contributed by atoms with Crippen molar-refractivity contribution in [2.75, 3.05) is 0 Å². The summed E-state index contributed by atoms with van der Waals surface area (Å²) in [5.41, 5.74) is 0.566. The second-order valence-corrected chi connectivity index (χ2v) is 4.97. The highest BCUT2D eigenvalue weighted by Gasteiger charge is 2.14. The fourth-order valence-electron chi connectivity index (χ4n) is 1.83. The molecule has 0 saturated carbocycles. The summed E-state index contributed by atoms with van der Waals surface area (Å²) in [4.78, 5) is 11.9.